The number of nitrogens with one attached hydrogen (secondary N) is 1. The Morgan fingerprint density at radius 3 is 2.33 bits per heavy atom. The van der Waals surface area contributed by atoms with Crippen molar-refractivity contribution in [2.75, 3.05) is 19.6 Å². The number of allylic oxidation sites excluding steroid dienone is 1. The fraction of sp³-hybridized carbons (Fsp3) is 0.514. The van der Waals surface area contributed by atoms with Gasteiger partial charge in [0.25, 0.3) is 5.91 Å². The molecule has 5 heterocycles. The summed E-state index contributed by atoms with van der Waals surface area (Å²) in [4.78, 5) is 44.6. The first-order valence-corrected chi connectivity index (χ1v) is 16.2. The second-order valence-corrected chi connectivity index (χ2v) is 14.5. The fourth-order valence-electron chi connectivity index (χ4n) is 8.12. The van der Waals surface area contributed by atoms with Crippen LogP contribution in [-0.2, 0) is 22.7 Å². The molecule has 2 aromatic carbocycles. The minimum atomic E-state index is -0.581. The average molecular weight is 601 g/mol. The molecular weight excluding hydrogens is 560 g/mol. The lowest BCUT2D eigenvalue weighted by Crippen LogP contribution is -2.62. The van der Waals surface area contributed by atoms with Crippen LogP contribution in [0, 0.1) is 5.41 Å². The first kappa shape index (κ1) is 28.8. The van der Waals surface area contributed by atoms with E-state index in [2.05, 4.69) is 47.2 Å². The Kier molecular flexibility index (Phi) is 7.47. The van der Waals surface area contributed by atoms with Gasteiger partial charge in [0.1, 0.15) is 6.04 Å². The first-order valence-electron chi connectivity index (χ1n) is 15.9. The standard InChI is InChI=1S/C35H41ClN4O3/c1-35(2)15-14-24(29(16-35)22-6-8-25(36)9-7-22)18-39-20-26-10-11-27(39)19-38(26)17-23-4-3-5-28-30(23)21-40(34(28)43)31-12-13-32(41)37-33(31)42/h3-9,26-27,31H,10-21H2,1-2H3,(H,37,41,42). The molecule has 43 heavy (non-hydrogen) atoms. The molecule has 4 fully saturated rings. The maximum Gasteiger partial charge on any atom is 0.255 e. The van der Waals surface area contributed by atoms with Crippen molar-refractivity contribution in [3.05, 3.63) is 75.3 Å². The van der Waals surface area contributed by atoms with Crippen LogP contribution in [0.3, 0.4) is 0 Å². The van der Waals surface area contributed by atoms with Crippen LogP contribution in [0.4, 0.5) is 0 Å². The summed E-state index contributed by atoms with van der Waals surface area (Å²) in [7, 11) is 0. The van der Waals surface area contributed by atoms with Crippen molar-refractivity contribution in [3.63, 3.8) is 0 Å². The summed E-state index contributed by atoms with van der Waals surface area (Å²) >= 11 is 6.23. The van der Waals surface area contributed by atoms with Crippen LogP contribution in [0.2, 0.25) is 5.02 Å². The quantitative estimate of drug-likeness (QED) is 0.449. The molecule has 3 amide bonds. The minimum absolute atomic E-state index is 0.0990. The van der Waals surface area contributed by atoms with E-state index in [1.165, 1.54) is 36.0 Å². The number of benzene rings is 2. The number of nitrogens with zero attached hydrogens (tertiary/aromatic N) is 3. The highest BCUT2D eigenvalue weighted by molar-refractivity contribution is 6.30. The lowest BCUT2D eigenvalue weighted by atomic mass is 9.72. The molecule has 8 heteroatoms. The van der Waals surface area contributed by atoms with Crippen molar-refractivity contribution < 1.29 is 14.4 Å². The molecule has 1 N–H and O–H groups in total. The van der Waals surface area contributed by atoms with Crippen molar-refractivity contribution in [2.24, 2.45) is 5.41 Å². The molecule has 0 aromatic heterocycles. The molecule has 0 radical (unpaired) electrons. The molecule has 7 nitrogen and oxygen atoms in total. The van der Waals surface area contributed by atoms with E-state index in [1.807, 2.05) is 24.3 Å². The molecule has 6 aliphatic rings. The number of fused-ring (bicyclic) bond motifs is 4. The van der Waals surface area contributed by atoms with E-state index >= 15 is 0 Å². The number of rotatable bonds is 6. The minimum Gasteiger partial charge on any atom is -0.322 e. The summed E-state index contributed by atoms with van der Waals surface area (Å²) in [5.74, 6) is -0.716. The van der Waals surface area contributed by atoms with Crippen molar-refractivity contribution in [1.29, 1.82) is 0 Å². The largest absolute Gasteiger partial charge is 0.322 e. The van der Waals surface area contributed by atoms with Crippen LogP contribution >= 0.6 is 11.6 Å². The number of carbonyl (C=O) groups excluding carboxylic acids is 3. The number of piperazine rings is 1. The summed E-state index contributed by atoms with van der Waals surface area (Å²) in [5.41, 5.74) is 7.65. The molecule has 3 atom stereocenters. The van der Waals surface area contributed by atoms with Gasteiger partial charge in [0.2, 0.25) is 11.8 Å². The van der Waals surface area contributed by atoms with Gasteiger partial charge in [0.15, 0.2) is 0 Å². The number of halogens is 1. The zero-order chi connectivity index (χ0) is 29.9. The number of imide groups is 1. The number of amides is 3. The van der Waals surface area contributed by atoms with E-state index in [-0.39, 0.29) is 24.1 Å². The smallest absolute Gasteiger partial charge is 0.255 e. The van der Waals surface area contributed by atoms with Crippen molar-refractivity contribution in [2.45, 2.75) is 90.0 Å². The van der Waals surface area contributed by atoms with Crippen LogP contribution < -0.4 is 5.32 Å². The molecule has 1 aliphatic carbocycles. The van der Waals surface area contributed by atoms with Gasteiger partial charge in [-0.15, -0.1) is 0 Å². The molecule has 2 bridgehead atoms. The highest BCUT2D eigenvalue weighted by Gasteiger charge is 2.42. The Hall–Kier alpha value is -3.00. The van der Waals surface area contributed by atoms with E-state index in [1.54, 1.807) is 10.5 Å². The number of piperidine rings is 3. The van der Waals surface area contributed by atoms with Crippen LogP contribution in [0.15, 0.2) is 48.0 Å². The Bertz CT molecular complexity index is 1500. The topological polar surface area (TPSA) is 73.0 Å². The second-order valence-electron chi connectivity index (χ2n) is 14.0. The van der Waals surface area contributed by atoms with Gasteiger partial charge in [-0.2, -0.15) is 0 Å². The van der Waals surface area contributed by atoms with Crippen LogP contribution in [-0.4, -0.2) is 70.2 Å². The summed E-state index contributed by atoms with van der Waals surface area (Å²) in [5, 5.41) is 3.19. The Morgan fingerprint density at radius 1 is 0.907 bits per heavy atom. The maximum atomic E-state index is 13.3. The zero-order valence-electron chi connectivity index (χ0n) is 25.2. The number of carbonyl (C=O) groups is 3. The normalized spacial score (nSPS) is 27.6. The van der Waals surface area contributed by atoms with Gasteiger partial charge in [0, 0.05) is 61.8 Å². The van der Waals surface area contributed by atoms with Crippen LogP contribution in [0.25, 0.3) is 5.57 Å². The first-order chi connectivity index (χ1) is 20.6. The lowest BCUT2D eigenvalue weighted by Gasteiger charge is -2.52. The molecule has 8 rings (SSSR count). The zero-order valence-corrected chi connectivity index (χ0v) is 26.0. The monoisotopic (exact) mass is 600 g/mol. The van der Waals surface area contributed by atoms with Gasteiger partial charge in [-0.3, -0.25) is 29.5 Å². The SMILES string of the molecule is CC1(C)CCC(CN2CC3CCC2CN3Cc2cccc3c2CN(C2CCC(=O)NC2=O)C3=O)=C(c2ccc(Cl)cc2)C1. The fourth-order valence-corrected chi connectivity index (χ4v) is 8.24. The molecule has 226 valence electrons. The van der Waals surface area contributed by atoms with Gasteiger partial charge in [-0.05, 0) is 84.4 Å². The Balaban J connectivity index is 1.06. The molecular formula is C35H41ClN4O3. The third-order valence-electron chi connectivity index (χ3n) is 10.6. The van der Waals surface area contributed by atoms with Crippen molar-refractivity contribution >= 4 is 34.9 Å². The third kappa shape index (κ3) is 5.56. The molecule has 3 unspecified atom stereocenters. The summed E-state index contributed by atoms with van der Waals surface area (Å²) < 4.78 is 0. The Labute approximate surface area is 259 Å². The van der Waals surface area contributed by atoms with E-state index in [9.17, 15) is 14.4 Å². The summed E-state index contributed by atoms with van der Waals surface area (Å²) in [6, 6.07) is 14.8. The van der Waals surface area contributed by atoms with E-state index in [0.717, 1.165) is 49.6 Å². The molecule has 0 saturated carbocycles. The highest BCUT2D eigenvalue weighted by Crippen LogP contribution is 2.44. The van der Waals surface area contributed by atoms with Crippen molar-refractivity contribution in [1.82, 2.24) is 20.0 Å². The van der Waals surface area contributed by atoms with Gasteiger partial charge < -0.3 is 4.90 Å². The predicted molar refractivity (Wildman–Crippen MR) is 167 cm³/mol. The second kappa shape index (κ2) is 11.2. The van der Waals surface area contributed by atoms with Gasteiger partial charge in [0.05, 0.1) is 0 Å². The Morgan fingerprint density at radius 2 is 1.63 bits per heavy atom. The number of hydrogen-bond donors (Lipinski definition) is 1. The molecule has 2 aromatic rings. The third-order valence-corrected chi connectivity index (χ3v) is 10.8. The van der Waals surface area contributed by atoms with E-state index in [0.29, 0.717) is 36.0 Å². The summed E-state index contributed by atoms with van der Waals surface area (Å²) in [6.07, 6.45) is 6.56. The number of hydrogen-bond acceptors (Lipinski definition) is 5. The highest BCUT2D eigenvalue weighted by atomic mass is 35.5. The van der Waals surface area contributed by atoms with E-state index < -0.39 is 6.04 Å². The maximum absolute atomic E-state index is 13.3. The van der Waals surface area contributed by atoms with Gasteiger partial charge in [-0.25, -0.2) is 0 Å². The predicted octanol–water partition coefficient (Wildman–Crippen LogP) is 5.41. The average Bonchev–Trinajstić information content (AvgIpc) is 3.32. The van der Waals surface area contributed by atoms with E-state index in [4.69, 9.17) is 11.6 Å². The van der Waals surface area contributed by atoms with Gasteiger partial charge >= 0.3 is 0 Å². The molecule has 4 saturated heterocycles. The van der Waals surface area contributed by atoms with Gasteiger partial charge in [-0.1, -0.05) is 55.3 Å². The van der Waals surface area contributed by atoms with Crippen LogP contribution in [0.1, 0.15) is 85.8 Å². The van der Waals surface area contributed by atoms with Crippen LogP contribution in [0.5, 0.6) is 0 Å². The van der Waals surface area contributed by atoms with Crippen molar-refractivity contribution in [3.8, 4) is 0 Å². The summed E-state index contributed by atoms with van der Waals surface area (Å²) in [6.45, 7) is 9.18. The molecule has 0 spiro atoms. The molecule has 5 aliphatic heterocycles. The lowest BCUT2D eigenvalue weighted by molar-refractivity contribution is -0.136.